The topological polar surface area (TPSA) is 49.6 Å². The van der Waals surface area contributed by atoms with Crippen molar-refractivity contribution in [2.45, 2.75) is 31.7 Å². The number of halogens is 2. The number of benzene rings is 1. The fraction of sp³-hybridized carbons (Fsp3) is 0.562. The van der Waals surface area contributed by atoms with Crippen LogP contribution in [0.3, 0.4) is 0 Å². The van der Waals surface area contributed by atoms with Gasteiger partial charge in [0.15, 0.2) is 0 Å². The van der Waals surface area contributed by atoms with E-state index in [0.29, 0.717) is 0 Å². The summed E-state index contributed by atoms with van der Waals surface area (Å²) in [5.74, 6) is 0.160. The van der Waals surface area contributed by atoms with Crippen LogP contribution < -0.4 is 10.6 Å². The number of nitrogens with two attached hydrogens (primary N) is 1. The van der Waals surface area contributed by atoms with Crippen LogP contribution in [0.5, 0.6) is 0 Å². The van der Waals surface area contributed by atoms with Crippen molar-refractivity contribution >= 4 is 36.4 Å². The van der Waals surface area contributed by atoms with Crippen LogP contribution in [0.25, 0.3) is 0 Å². The lowest BCUT2D eigenvalue weighted by molar-refractivity contribution is -0.140. The highest BCUT2D eigenvalue weighted by molar-refractivity contribution is 5.87. The molecule has 0 spiro atoms. The third-order valence-corrected chi connectivity index (χ3v) is 4.69. The van der Waals surface area contributed by atoms with Crippen molar-refractivity contribution in [1.82, 2.24) is 4.90 Å². The number of para-hydroxylation sites is 1. The van der Waals surface area contributed by atoms with Crippen LogP contribution in [-0.4, -0.2) is 42.5 Å². The zero-order chi connectivity index (χ0) is 14.2. The molecule has 1 aliphatic heterocycles. The number of nitrogens with zero attached hydrogens (tertiary/aromatic N) is 2. The fourth-order valence-corrected chi connectivity index (χ4v) is 3.16. The summed E-state index contributed by atoms with van der Waals surface area (Å²) < 4.78 is 0. The van der Waals surface area contributed by atoms with E-state index in [1.54, 1.807) is 0 Å². The zero-order valence-corrected chi connectivity index (χ0v) is 14.6. The molecule has 1 saturated heterocycles. The van der Waals surface area contributed by atoms with E-state index in [9.17, 15) is 4.79 Å². The molecule has 6 heteroatoms. The molecular formula is C16H25Cl2N3O. The molecule has 22 heavy (non-hydrogen) atoms. The van der Waals surface area contributed by atoms with Crippen molar-refractivity contribution < 1.29 is 4.79 Å². The summed E-state index contributed by atoms with van der Waals surface area (Å²) in [5, 5.41) is 0. The third-order valence-electron chi connectivity index (χ3n) is 4.69. The van der Waals surface area contributed by atoms with Crippen LogP contribution >= 0.6 is 24.8 Å². The van der Waals surface area contributed by atoms with Gasteiger partial charge in [-0.3, -0.25) is 4.79 Å². The number of carbonyl (C=O) groups excluding carboxylic acids is 1. The number of rotatable bonds is 2. The molecular weight excluding hydrogens is 321 g/mol. The standard InChI is InChI=1S/C16H23N3O.2ClH/c1-13-5-2-3-6-14(13)18-9-11-19(12-10-18)15(20)16(17)7-4-8-16;;/h2-3,5-6H,4,7-12,17H2,1H3;2*1H. The van der Waals surface area contributed by atoms with Crippen molar-refractivity contribution in [2.75, 3.05) is 31.1 Å². The predicted molar refractivity (Wildman–Crippen MR) is 95.2 cm³/mol. The summed E-state index contributed by atoms with van der Waals surface area (Å²) in [4.78, 5) is 16.7. The molecule has 1 amide bonds. The first-order valence-electron chi connectivity index (χ1n) is 7.49. The van der Waals surface area contributed by atoms with Gasteiger partial charge in [0.2, 0.25) is 5.91 Å². The second-order valence-corrected chi connectivity index (χ2v) is 6.08. The molecule has 0 aromatic heterocycles. The highest BCUT2D eigenvalue weighted by Crippen LogP contribution is 2.31. The largest absolute Gasteiger partial charge is 0.368 e. The van der Waals surface area contributed by atoms with E-state index < -0.39 is 5.54 Å². The Morgan fingerprint density at radius 1 is 1.09 bits per heavy atom. The number of hydrogen-bond donors (Lipinski definition) is 1. The SMILES string of the molecule is Cc1ccccc1N1CCN(C(=O)C2(N)CCC2)CC1.Cl.Cl. The van der Waals surface area contributed by atoms with Crippen LogP contribution in [0.2, 0.25) is 0 Å². The maximum atomic E-state index is 12.4. The molecule has 2 fully saturated rings. The first kappa shape index (κ1) is 19.1. The molecule has 0 atom stereocenters. The summed E-state index contributed by atoms with van der Waals surface area (Å²) in [5.41, 5.74) is 8.17. The molecule has 1 aromatic carbocycles. The van der Waals surface area contributed by atoms with Gasteiger partial charge < -0.3 is 15.5 Å². The second kappa shape index (κ2) is 7.53. The normalized spacial score (nSPS) is 19.5. The van der Waals surface area contributed by atoms with Crippen molar-refractivity contribution in [3.63, 3.8) is 0 Å². The lowest BCUT2D eigenvalue weighted by atomic mass is 9.76. The summed E-state index contributed by atoms with van der Waals surface area (Å²) in [7, 11) is 0. The average Bonchev–Trinajstić information content (AvgIpc) is 2.45. The predicted octanol–water partition coefficient (Wildman–Crippen LogP) is 2.37. The number of hydrogen-bond acceptors (Lipinski definition) is 3. The average molecular weight is 346 g/mol. The Morgan fingerprint density at radius 2 is 1.68 bits per heavy atom. The van der Waals surface area contributed by atoms with Gasteiger partial charge in [-0.1, -0.05) is 18.2 Å². The van der Waals surface area contributed by atoms with Gasteiger partial charge in [-0.05, 0) is 37.8 Å². The lowest BCUT2D eigenvalue weighted by Crippen LogP contribution is -2.62. The molecule has 2 aliphatic rings. The molecule has 4 nitrogen and oxygen atoms in total. The quantitative estimate of drug-likeness (QED) is 0.895. The van der Waals surface area contributed by atoms with Crippen LogP contribution in [0.4, 0.5) is 5.69 Å². The highest BCUT2D eigenvalue weighted by atomic mass is 35.5. The number of carbonyl (C=O) groups is 1. The molecule has 1 heterocycles. The third kappa shape index (κ3) is 3.50. The molecule has 2 N–H and O–H groups in total. The van der Waals surface area contributed by atoms with Crippen LogP contribution in [0.15, 0.2) is 24.3 Å². The van der Waals surface area contributed by atoms with Gasteiger partial charge in [0.05, 0.1) is 5.54 Å². The first-order chi connectivity index (χ1) is 9.60. The summed E-state index contributed by atoms with van der Waals surface area (Å²) in [6.45, 7) is 5.49. The van der Waals surface area contributed by atoms with Gasteiger partial charge in [0, 0.05) is 31.9 Å². The van der Waals surface area contributed by atoms with E-state index in [0.717, 1.165) is 45.4 Å². The smallest absolute Gasteiger partial charge is 0.242 e. The maximum absolute atomic E-state index is 12.4. The zero-order valence-electron chi connectivity index (χ0n) is 13.0. The molecule has 1 aromatic rings. The number of piperazine rings is 1. The number of amides is 1. The Kier molecular flexibility index (Phi) is 6.53. The lowest BCUT2D eigenvalue weighted by Gasteiger charge is -2.44. The van der Waals surface area contributed by atoms with Gasteiger partial charge in [-0.15, -0.1) is 24.8 Å². The second-order valence-electron chi connectivity index (χ2n) is 6.08. The number of anilines is 1. The van der Waals surface area contributed by atoms with Crippen molar-refractivity contribution in [3.05, 3.63) is 29.8 Å². The van der Waals surface area contributed by atoms with E-state index in [-0.39, 0.29) is 30.7 Å². The Bertz CT molecular complexity index is 512. The summed E-state index contributed by atoms with van der Waals surface area (Å²) in [6.07, 6.45) is 2.79. The van der Waals surface area contributed by atoms with Crippen molar-refractivity contribution in [1.29, 1.82) is 0 Å². The van der Waals surface area contributed by atoms with Crippen molar-refractivity contribution in [3.8, 4) is 0 Å². The Balaban J connectivity index is 0.00000121. The molecule has 124 valence electrons. The van der Waals surface area contributed by atoms with Gasteiger partial charge in [0.25, 0.3) is 0 Å². The highest BCUT2D eigenvalue weighted by Gasteiger charge is 2.43. The van der Waals surface area contributed by atoms with Gasteiger partial charge in [0.1, 0.15) is 0 Å². The van der Waals surface area contributed by atoms with Crippen LogP contribution in [0, 0.1) is 6.92 Å². The summed E-state index contributed by atoms with van der Waals surface area (Å²) in [6, 6.07) is 8.43. The molecule has 1 saturated carbocycles. The van der Waals surface area contributed by atoms with E-state index in [2.05, 4.69) is 36.1 Å². The fourth-order valence-electron chi connectivity index (χ4n) is 3.16. The minimum Gasteiger partial charge on any atom is -0.368 e. The molecule has 3 rings (SSSR count). The molecule has 0 unspecified atom stereocenters. The van der Waals surface area contributed by atoms with E-state index in [1.165, 1.54) is 11.3 Å². The van der Waals surface area contributed by atoms with E-state index in [1.807, 2.05) is 4.90 Å². The first-order valence-corrected chi connectivity index (χ1v) is 7.49. The Morgan fingerprint density at radius 3 is 2.18 bits per heavy atom. The maximum Gasteiger partial charge on any atom is 0.242 e. The molecule has 0 bridgehead atoms. The Hall–Kier alpha value is -0.970. The Labute approximate surface area is 144 Å². The minimum absolute atomic E-state index is 0. The van der Waals surface area contributed by atoms with Gasteiger partial charge >= 0.3 is 0 Å². The van der Waals surface area contributed by atoms with E-state index >= 15 is 0 Å². The van der Waals surface area contributed by atoms with Crippen molar-refractivity contribution in [2.24, 2.45) is 5.73 Å². The minimum atomic E-state index is -0.551. The van der Waals surface area contributed by atoms with E-state index in [4.69, 9.17) is 5.73 Å². The van der Waals surface area contributed by atoms with Gasteiger partial charge in [-0.25, -0.2) is 0 Å². The number of aryl methyl sites for hydroxylation is 1. The molecule has 0 radical (unpaired) electrons. The van der Waals surface area contributed by atoms with Crippen LogP contribution in [0.1, 0.15) is 24.8 Å². The monoisotopic (exact) mass is 345 g/mol. The van der Waals surface area contributed by atoms with Crippen LogP contribution in [-0.2, 0) is 4.79 Å². The molecule has 1 aliphatic carbocycles. The van der Waals surface area contributed by atoms with Gasteiger partial charge in [-0.2, -0.15) is 0 Å². The summed E-state index contributed by atoms with van der Waals surface area (Å²) >= 11 is 0.